The van der Waals surface area contributed by atoms with Gasteiger partial charge in [-0.15, -0.1) is 0 Å². The van der Waals surface area contributed by atoms with Gasteiger partial charge in [0.15, 0.2) is 18.1 Å². The smallest absolute Gasteiger partial charge is 0.341 e. The van der Waals surface area contributed by atoms with Gasteiger partial charge in [-0.1, -0.05) is 11.8 Å². The molecule has 0 unspecified atom stereocenters. The first-order valence-corrected chi connectivity index (χ1v) is 9.20. The highest BCUT2D eigenvalue weighted by Gasteiger charge is 2.17. The van der Waals surface area contributed by atoms with Gasteiger partial charge in [-0.05, 0) is 24.3 Å². The molecule has 0 bridgehead atoms. The Hall–Kier alpha value is -3.27. The third-order valence-corrected chi connectivity index (χ3v) is 4.61. The number of hydrogen-bond donors (Lipinski definition) is 2. The topological polar surface area (TPSA) is 116 Å². The largest absolute Gasteiger partial charge is 0.454 e. The van der Waals surface area contributed by atoms with Gasteiger partial charge in [0.25, 0.3) is 5.91 Å². The highest BCUT2D eigenvalue weighted by atomic mass is 32.2. The summed E-state index contributed by atoms with van der Waals surface area (Å²) in [5.74, 6) is -0.164. The summed E-state index contributed by atoms with van der Waals surface area (Å²) >= 11 is 1.09. The van der Waals surface area contributed by atoms with Gasteiger partial charge in [-0.3, -0.25) is 9.59 Å². The normalized spacial score (nSPS) is 11.6. The Bertz CT molecular complexity index is 905. The van der Waals surface area contributed by atoms with Crippen LogP contribution in [-0.2, 0) is 14.3 Å². The van der Waals surface area contributed by atoms with Crippen molar-refractivity contribution in [2.75, 3.05) is 31.5 Å². The first-order chi connectivity index (χ1) is 13.6. The Labute approximate surface area is 164 Å². The van der Waals surface area contributed by atoms with E-state index in [9.17, 15) is 14.4 Å². The van der Waals surface area contributed by atoms with Crippen LogP contribution in [0.15, 0.2) is 41.6 Å². The summed E-state index contributed by atoms with van der Waals surface area (Å²) in [5, 5.41) is 5.44. The van der Waals surface area contributed by atoms with E-state index < -0.39 is 11.9 Å². The van der Waals surface area contributed by atoms with E-state index in [1.807, 2.05) is 0 Å². The fourth-order valence-electron chi connectivity index (χ4n) is 2.25. The fraction of sp³-hybridized carbons (Fsp3) is 0.222. The molecular weight excluding hydrogens is 386 g/mol. The lowest BCUT2D eigenvalue weighted by atomic mass is 10.3. The number of nitrogens with zero attached hydrogens (tertiary/aromatic N) is 1. The number of thioether (sulfide) groups is 1. The Morgan fingerprint density at radius 1 is 1.18 bits per heavy atom. The number of anilines is 1. The number of rotatable bonds is 7. The van der Waals surface area contributed by atoms with Crippen LogP contribution in [0.4, 0.5) is 5.69 Å². The average molecular weight is 403 g/mol. The molecule has 0 saturated heterocycles. The molecule has 0 saturated carbocycles. The fourth-order valence-corrected chi connectivity index (χ4v) is 3.03. The number of amides is 2. The molecule has 2 amide bonds. The average Bonchev–Trinajstić information content (AvgIpc) is 3.18. The molecule has 0 spiro atoms. The second kappa shape index (κ2) is 9.09. The third kappa shape index (κ3) is 4.92. The lowest BCUT2D eigenvalue weighted by Gasteiger charge is -2.09. The van der Waals surface area contributed by atoms with E-state index in [-0.39, 0.29) is 30.6 Å². The minimum atomic E-state index is -0.685. The maximum Gasteiger partial charge on any atom is 0.341 e. The lowest BCUT2D eigenvalue weighted by Crippen LogP contribution is -2.25. The van der Waals surface area contributed by atoms with Gasteiger partial charge in [0.05, 0.1) is 11.3 Å². The van der Waals surface area contributed by atoms with Crippen molar-refractivity contribution in [2.45, 2.75) is 5.03 Å². The van der Waals surface area contributed by atoms with Crippen LogP contribution in [0, 0.1) is 0 Å². The molecule has 2 N–H and O–H groups in total. The minimum absolute atomic E-state index is 0.0289. The van der Waals surface area contributed by atoms with Gasteiger partial charge >= 0.3 is 5.97 Å². The van der Waals surface area contributed by atoms with Gasteiger partial charge in [-0.2, -0.15) is 0 Å². The number of aromatic nitrogens is 1. The molecule has 2 aromatic rings. The third-order valence-electron chi connectivity index (χ3n) is 3.60. The summed E-state index contributed by atoms with van der Waals surface area (Å²) < 4.78 is 15.4. The Balaban J connectivity index is 1.57. The van der Waals surface area contributed by atoms with E-state index >= 15 is 0 Å². The monoisotopic (exact) mass is 403 g/mol. The quantitative estimate of drug-likeness (QED) is 0.527. The molecule has 146 valence electrons. The van der Waals surface area contributed by atoms with Crippen LogP contribution in [0.5, 0.6) is 11.5 Å². The Morgan fingerprint density at radius 3 is 2.82 bits per heavy atom. The van der Waals surface area contributed by atoms with Crippen LogP contribution in [0.3, 0.4) is 0 Å². The van der Waals surface area contributed by atoms with Crippen molar-refractivity contribution in [1.29, 1.82) is 0 Å². The summed E-state index contributed by atoms with van der Waals surface area (Å²) in [6, 6.07) is 8.19. The number of benzene rings is 1. The van der Waals surface area contributed by atoms with Gasteiger partial charge in [0.1, 0.15) is 5.03 Å². The number of carbonyl (C=O) groups is 3. The Morgan fingerprint density at radius 2 is 2.00 bits per heavy atom. The maximum absolute atomic E-state index is 12.2. The van der Waals surface area contributed by atoms with Crippen LogP contribution >= 0.6 is 11.8 Å². The molecule has 9 nitrogen and oxygen atoms in total. The van der Waals surface area contributed by atoms with E-state index in [2.05, 4.69) is 15.6 Å². The Kier molecular flexibility index (Phi) is 6.33. The summed E-state index contributed by atoms with van der Waals surface area (Å²) in [6.07, 6.45) is 1.51. The van der Waals surface area contributed by atoms with Crippen LogP contribution in [0.2, 0.25) is 0 Å². The summed E-state index contributed by atoms with van der Waals surface area (Å²) in [5.41, 5.74) is 0.758. The number of carbonyl (C=O) groups excluding carboxylic acids is 3. The second-order valence-corrected chi connectivity index (χ2v) is 6.47. The molecule has 0 aliphatic carbocycles. The van der Waals surface area contributed by atoms with E-state index in [0.717, 1.165) is 11.8 Å². The minimum Gasteiger partial charge on any atom is -0.454 e. The highest BCUT2D eigenvalue weighted by molar-refractivity contribution is 8.00. The van der Waals surface area contributed by atoms with E-state index in [0.29, 0.717) is 22.2 Å². The number of hydrogen-bond acceptors (Lipinski definition) is 8. The maximum atomic E-state index is 12.2. The highest BCUT2D eigenvalue weighted by Crippen LogP contribution is 2.34. The number of pyridine rings is 1. The zero-order chi connectivity index (χ0) is 19.9. The molecule has 0 atom stereocenters. The number of likely N-dealkylation sites (N-methyl/N-ethyl adjacent to an activating group) is 1. The zero-order valence-corrected chi connectivity index (χ0v) is 15.7. The number of nitrogens with one attached hydrogen (secondary N) is 2. The molecule has 3 rings (SSSR count). The lowest BCUT2D eigenvalue weighted by molar-refractivity contribution is -0.123. The molecule has 1 aliphatic rings. The van der Waals surface area contributed by atoms with Crippen molar-refractivity contribution in [3.8, 4) is 11.5 Å². The van der Waals surface area contributed by atoms with Crippen LogP contribution < -0.4 is 20.1 Å². The molecule has 0 fully saturated rings. The molecule has 1 aromatic carbocycles. The second-order valence-electron chi connectivity index (χ2n) is 5.51. The summed E-state index contributed by atoms with van der Waals surface area (Å²) in [6.45, 7) is -0.236. The van der Waals surface area contributed by atoms with Gasteiger partial charge in [0.2, 0.25) is 12.7 Å². The zero-order valence-electron chi connectivity index (χ0n) is 14.9. The predicted octanol–water partition coefficient (Wildman–Crippen LogP) is 1.44. The molecule has 28 heavy (non-hydrogen) atoms. The molecule has 10 heteroatoms. The molecule has 2 heterocycles. The molecule has 1 aromatic heterocycles. The van der Waals surface area contributed by atoms with E-state index in [1.54, 1.807) is 24.3 Å². The predicted molar refractivity (Wildman–Crippen MR) is 101 cm³/mol. The van der Waals surface area contributed by atoms with Gasteiger partial charge in [0, 0.05) is 25.0 Å². The first-order valence-electron chi connectivity index (χ1n) is 8.22. The number of ether oxygens (including phenoxy) is 3. The summed E-state index contributed by atoms with van der Waals surface area (Å²) in [4.78, 5) is 39.7. The molecular formula is C18H17N3O6S. The van der Waals surface area contributed by atoms with E-state index in [4.69, 9.17) is 14.2 Å². The van der Waals surface area contributed by atoms with Crippen molar-refractivity contribution in [1.82, 2.24) is 10.3 Å². The number of esters is 1. The molecule has 0 radical (unpaired) electrons. The summed E-state index contributed by atoms with van der Waals surface area (Å²) in [7, 11) is 1.44. The van der Waals surface area contributed by atoms with E-state index in [1.165, 1.54) is 19.3 Å². The van der Waals surface area contributed by atoms with Crippen LogP contribution in [0.25, 0.3) is 0 Å². The van der Waals surface area contributed by atoms with Gasteiger partial charge < -0.3 is 24.8 Å². The van der Waals surface area contributed by atoms with Crippen molar-refractivity contribution < 1.29 is 28.6 Å². The van der Waals surface area contributed by atoms with Crippen LogP contribution in [0.1, 0.15) is 10.4 Å². The van der Waals surface area contributed by atoms with Crippen LogP contribution in [-0.4, -0.2) is 49.0 Å². The van der Waals surface area contributed by atoms with Crippen molar-refractivity contribution >= 4 is 35.2 Å². The van der Waals surface area contributed by atoms with Gasteiger partial charge in [-0.25, -0.2) is 9.78 Å². The van der Waals surface area contributed by atoms with Crippen molar-refractivity contribution in [2.24, 2.45) is 0 Å². The first kappa shape index (κ1) is 19.5. The SMILES string of the molecule is CNC(=O)COC(=O)c1cccnc1SCC(=O)Nc1ccc2c(c1)OCO2. The van der Waals surface area contributed by atoms with Crippen molar-refractivity contribution in [3.05, 3.63) is 42.1 Å². The molecule has 1 aliphatic heterocycles. The standard InChI is InChI=1S/C18H17N3O6S/c1-19-15(22)8-25-18(24)12-3-2-6-20-17(12)28-9-16(23)21-11-4-5-13-14(7-11)27-10-26-13/h2-7H,8-10H2,1H3,(H,19,22)(H,21,23). The van der Waals surface area contributed by atoms with Crippen molar-refractivity contribution in [3.63, 3.8) is 0 Å². The number of fused-ring (bicyclic) bond motifs is 1.